The van der Waals surface area contributed by atoms with Gasteiger partial charge >= 0.3 is 0 Å². The van der Waals surface area contributed by atoms with E-state index in [1.54, 1.807) is 23.5 Å². The largest absolute Gasteiger partial charge is 0.294 e. The Kier molecular flexibility index (Phi) is 5.71. The highest BCUT2D eigenvalue weighted by Crippen LogP contribution is 2.26. The van der Waals surface area contributed by atoms with E-state index in [1.165, 1.54) is 4.24 Å². The van der Waals surface area contributed by atoms with Crippen molar-refractivity contribution in [2.75, 3.05) is 12.5 Å². The normalized spacial score (nSPS) is 11.9. The summed E-state index contributed by atoms with van der Waals surface area (Å²) < 4.78 is 1.19. The Hall–Kier alpha value is -0.670. The van der Waals surface area contributed by atoms with Crippen molar-refractivity contribution in [2.45, 2.75) is 6.92 Å². The molecule has 0 aliphatic rings. The molecule has 86 valence electrons. The van der Waals surface area contributed by atoms with Gasteiger partial charge in [0.05, 0.1) is 0 Å². The van der Waals surface area contributed by atoms with Crippen LogP contribution in [0.3, 0.4) is 0 Å². The maximum Gasteiger partial charge on any atom is 0.169 e. The van der Waals surface area contributed by atoms with Crippen molar-refractivity contribution < 1.29 is 4.79 Å². The number of carbonyl (C=O) groups is 1. The Bertz CT molecular complexity index is 365. The Balaban J connectivity index is 2.79. The fraction of sp³-hybridized carbons (Fsp3) is 0.308. The number of allylic oxidation sites excluding steroid dienone is 1. The van der Waals surface area contributed by atoms with Crippen LogP contribution in [0.5, 0.6) is 0 Å². The minimum Gasteiger partial charge on any atom is -0.294 e. The van der Waals surface area contributed by atoms with E-state index in [4.69, 9.17) is 0 Å². The quantitative estimate of drug-likeness (QED) is 0.735. The predicted octanol–water partition coefficient (Wildman–Crippen LogP) is 4.07. The van der Waals surface area contributed by atoms with Crippen molar-refractivity contribution in [3.8, 4) is 0 Å². The van der Waals surface area contributed by atoms with Crippen molar-refractivity contribution in [2.24, 2.45) is 5.92 Å². The summed E-state index contributed by atoms with van der Waals surface area (Å²) in [6.45, 7) is 1.95. The van der Waals surface area contributed by atoms with Crippen LogP contribution in [-0.2, 0) is 0 Å². The highest BCUT2D eigenvalue weighted by atomic mass is 32.2. The molecule has 0 saturated heterocycles. The second-order valence-electron chi connectivity index (χ2n) is 3.41. The van der Waals surface area contributed by atoms with Crippen LogP contribution in [-0.4, -0.2) is 18.3 Å². The van der Waals surface area contributed by atoms with E-state index in [0.29, 0.717) is 0 Å². The zero-order valence-electron chi connectivity index (χ0n) is 9.77. The lowest BCUT2D eigenvalue weighted by Gasteiger charge is -2.07. The number of Topliss-reactive ketones (excluding diaryl/α,β-unsaturated/α-hetero) is 1. The third kappa shape index (κ3) is 3.72. The highest BCUT2D eigenvalue weighted by Gasteiger charge is 2.12. The monoisotopic (exact) mass is 252 g/mol. The second kappa shape index (κ2) is 6.81. The van der Waals surface area contributed by atoms with Gasteiger partial charge in [-0.15, -0.1) is 23.5 Å². The summed E-state index contributed by atoms with van der Waals surface area (Å²) in [5, 5.41) is 0. The van der Waals surface area contributed by atoms with Gasteiger partial charge in [0.25, 0.3) is 0 Å². The average Bonchev–Trinajstić information content (AvgIpc) is 2.35. The number of carbonyl (C=O) groups excluding carboxylic acids is 1. The van der Waals surface area contributed by atoms with Gasteiger partial charge in [0, 0.05) is 15.7 Å². The number of ketones is 1. The number of rotatable bonds is 5. The zero-order valence-corrected chi connectivity index (χ0v) is 11.4. The van der Waals surface area contributed by atoms with Crippen LogP contribution in [0.1, 0.15) is 17.3 Å². The molecule has 1 aromatic rings. The van der Waals surface area contributed by atoms with Crippen LogP contribution >= 0.6 is 23.5 Å². The van der Waals surface area contributed by atoms with Crippen LogP contribution in [0.15, 0.2) is 40.6 Å². The number of thioether (sulfide) groups is 2. The number of hydrogen-bond donors (Lipinski definition) is 0. The van der Waals surface area contributed by atoms with E-state index in [1.807, 2.05) is 55.8 Å². The maximum atomic E-state index is 12.0. The molecule has 0 bridgehead atoms. The predicted molar refractivity (Wildman–Crippen MR) is 75.0 cm³/mol. The van der Waals surface area contributed by atoms with E-state index in [0.717, 1.165) is 5.56 Å². The lowest BCUT2D eigenvalue weighted by molar-refractivity contribution is 0.0953. The minimum atomic E-state index is -0.0581. The molecule has 0 heterocycles. The highest BCUT2D eigenvalue weighted by molar-refractivity contribution is 8.21. The lowest BCUT2D eigenvalue weighted by atomic mass is 10.00. The molecule has 1 unspecified atom stereocenters. The maximum absolute atomic E-state index is 12.0. The van der Waals surface area contributed by atoms with Crippen molar-refractivity contribution in [3.05, 3.63) is 46.2 Å². The topological polar surface area (TPSA) is 17.1 Å². The summed E-state index contributed by atoms with van der Waals surface area (Å²) in [5.41, 5.74) is 0.785. The first kappa shape index (κ1) is 13.4. The SMILES string of the molecule is CSC(=CC(C)C(=O)c1ccccc1)SC. The third-order valence-electron chi connectivity index (χ3n) is 2.26. The van der Waals surface area contributed by atoms with Crippen molar-refractivity contribution in [1.82, 2.24) is 0 Å². The van der Waals surface area contributed by atoms with E-state index in [9.17, 15) is 4.79 Å². The molecule has 1 atom stereocenters. The molecule has 0 saturated carbocycles. The van der Waals surface area contributed by atoms with Crippen molar-refractivity contribution in [1.29, 1.82) is 0 Å². The first-order valence-corrected chi connectivity index (χ1v) is 7.53. The molecule has 1 rings (SSSR count). The van der Waals surface area contributed by atoms with E-state index in [-0.39, 0.29) is 11.7 Å². The molecule has 16 heavy (non-hydrogen) atoms. The summed E-state index contributed by atoms with van der Waals surface area (Å²) in [6, 6.07) is 9.45. The Morgan fingerprint density at radius 1 is 1.19 bits per heavy atom. The molecular weight excluding hydrogens is 236 g/mol. The van der Waals surface area contributed by atoms with E-state index >= 15 is 0 Å². The Morgan fingerprint density at radius 2 is 1.75 bits per heavy atom. The minimum absolute atomic E-state index is 0.0581. The molecule has 0 spiro atoms. The van der Waals surface area contributed by atoms with Gasteiger partial charge in [0.15, 0.2) is 5.78 Å². The van der Waals surface area contributed by atoms with Crippen LogP contribution < -0.4 is 0 Å². The fourth-order valence-corrected chi connectivity index (χ4v) is 2.71. The number of hydrogen-bond acceptors (Lipinski definition) is 3. The summed E-state index contributed by atoms with van der Waals surface area (Å²) in [5.74, 6) is 0.124. The molecule has 0 aromatic heterocycles. The first-order valence-electron chi connectivity index (χ1n) is 5.08. The van der Waals surface area contributed by atoms with Gasteiger partial charge < -0.3 is 0 Å². The Morgan fingerprint density at radius 3 is 2.25 bits per heavy atom. The van der Waals surface area contributed by atoms with Crippen molar-refractivity contribution in [3.63, 3.8) is 0 Å². The third-order valence-corrected chi connectivity index (χ3v) is 4.34. The molecule has 1 nitrogen and oxygen atoms in total. The summed E-state index contributed by atoms with van der Waals surface area (Å²) in [4.78, 5) is 12.0. The second-order valence-corrected chi connectivity index (χ2v) is 5.37. The molecule has 0 fully saturated rings. The van der Waals surface area contributed by atoms with E-state index < -0.39 is 0 Å². The fourth-order valence-electron chi connectivity index (χ4n) is 1.36. The summed E-state index contributed by atoms with van der Waals surface area (Å²) >= 11 is 3.37. The molecular formula is C13H16OS2. The van der Waals surface area contributed by atoms with Gasteiger partial charge in [0.1, 0.15) is 0 Å². The number of benzene rings is 1. The first-order chi connectivity index (χ1) is 7.69. The van der Waals surface area contributed by atoms with Crippen LogP contribution in [0.2, 0.25) is 0 Å². The molecule has 1 aromatic carbocycles. The summed E-state index contributed by atoms with van der Waals surface area (Å²) in [6.07, 6.45) is 6.09. The molecule has 3 heteroatoms. The van der Waals surface area contributed by atoms with Gasteiger partial charge in [-0.1, -0.05) is 43.3 Å². The van der Waals surface area contributed by atoms with Crippen LogP contribution in [0, 0.1) is 5.92 Å². The van der Waals surface area contributed by atoms with Gasteiger partial charge in [0.2, 0.25) is 0 Å². The zero-order chi connectivity index (χ0) is 12.0. The molecule has 0 radical (unpaired) electrons. The average molecular weight is 252 g/mol. The van der Waals surface area contributed by atoms with E-state index in [2.05, 4.69) is 0 Å². The molecule has 0 amide bonds. The van der Waals surface area contributed by atoms with Gasteiger partial charge in [-0.25, -0.2) is 0 Å². The lowest BCUT2D eigenvalue weighted by Crippen LogP contribution is -2.08. The molecule has 0 aliphatic carbocycles. The summed E-state index contributed by atoms with van der Waals surface area (Å²) in [7, 11) is 0. The van der Waals surface area contributed by atoms with Crippen LogP contribution in [0.4, 0.5) is 0 Å². The standard InChI is InChI=1S/C13H16OS2/c1-10(9-12(15-2)16-3)13(14)11-7-5-4-6-8-11/h4-10H,1-3H3. The van der Waals surface area contributed by atoms with Crippen LogP contribution in [0.25, 0.3) is 0 Å². The smallest absolute Gasteiger partial charge is 0.169 e. The van der Waals surface area contributed by atoms with Gasteiger partial charge in [-0.05, 0) is 12.5 Å². The van der Waals surface area contributed by atoms with Gasteiger partial charge in [-0.3, -0.25) is 4.79 Å². The van der Waals surface area contributed by atoms with Gasteiger partial charge in [-0.2, -0.15) is 0 Å². The molecule has 0 aliphatic heterocycles. The van der Waals surface area contributed by atoms with Crippen molar-refractivity contribution >= 4 is 29.3 Å². The molecule has 0 N–H and O–H groups in total. The Labute approximate surface area is 106 Å².